The third kappa shape index (κ3) is 2.97. The van der Waals surface area contributed by atoms with Crippen LogP contribution in [0.4, 0.5) is 17.1 Å². The van der Waals surface area contributed by atoms with E-state index in [9.17, 15) is 4.79 Å². The number of hydrogen-bond acceptors (Lipinski definition) is 2. The standard InChI is InChI=1S/C25H24N2O/c28-25(18-26-17-7-11-19-8-1-4-12-22(19)26)27-23-13-5-2-9-20(23)15-16-21-10-3-6-14-24(21)27/h1-6,8-10,12-14H,7,11,15-18H2. The minimum absolute atomic E-state index is 0.138. The van der Waals surface area contributed by atoms with E-state index in [-0.39, 0.29) is 5.91 Å². The lowest BCUT2D eigenvalue weighted by Gasteiger charge is -2.33. The maximum absolute atomic E-state index is 13.6. The minimum Gasteiger partial charge on any atom is -0.362 e. The molecule has 0 unspecified atom stereocenters. The summed E-state index contributed by atoms with van der Waals surface area (Å²) in [5, 5.41) is 0. The fourth-order valence-corrected chi connectivity index (χ4v) is 4.56. The van der Waals surface area contributed by atoms with Crippen LogP contribution in [0.5, 0.6) is 0 Å². The molecule has 0 radical (unpaired) electrons. The van der Waals surface area contributed by atoms with Gasteiger partial charge in [0.25, 0.3) is 5.91 Å². The topological polar surface area (TPSA) is 23.6 Å². The molecule has 140 valence electrons. The maximum atomic E-state index is 13.6. The number of nitrogens with zero attached hydrogens (tertiary/aromatic N) is 2. The molecule has 0 saturated carbocycles. The van der Waals surface area contributed by atoms with E-state index in [0.29, 0.717) is 6.54 Å². The number of rotatable bonds is 2. The molecule has 0 fully saturated rings. The summed E-state index contributed by atoms with van der Waals surface area (Å²) in [7, 11) is 0. The summed E-state index contributed by atoms with van der Waals surface area (Å²) < 4.78 is 0. The molecule has 5 rings (SSSR count). The molecule has 3 aromatic rings. The maximum Gasteiger partial charge on any atom is 0.251 e. The molecule has 0 spiro atoms. The van der Waals surface area contributed by atoms with Crippen molar-refractivity contribution in [3.05, 3.63) is 89.5 Å². The first-order valence-corrected chi connectivity index (χ1v) is 10.1. The second-order valence-electron chi connectivity index (χ2n) is 7.64. The van der Waals surface area contributed by atoms with Gasteiger partial charge in [0.15, 0.2) is 0 Å². The lowest BCUT2D eigenvalue weighted by atomic mass is 10.0. The summed E-state index contributed by atoms with van der Waals surface area (Å²) in [5.41, 5.74) is 7.10. The highest BCUT2D eigenvalue weighted by molar-refractivity contribution is 6.04. The Hall–Kier alpha value is -3.07. The Labute approximate surface area is 166 Å². The smallest absolute Gasteiger partial charge is 0.251 e. The summed E-state index contributed by atoms with van der Waals surface area (Å²) >= 11 is 0. The van der Waals surface area contributed by atoms with E-state index in [1.807, 2.05) is 17.0 Å². The fourth-order valence-electron chi connectivity index (χ4n) is 4.56. The number of hydrogen-bond donors (Lipinski definition) is 0. The van der Waals surface area contributed by atoms with Gasteiger partial charge in [0.2, 0.25) is 0 Å². The lowest BCUT2D eigenvalue weighted by molar-refractivity contribution is -0.116. The van der Waals surface area contributed by atoms with Crippen LogP contribution >= 0.6 is 0 Å². The van der Waals surface area contributed by atoms with E-state index < -0.39 is 0 Å². The van der Waals surface area contributed by atoms with Crippen LogP contribution in [0, 0.1) is 0 Å². The van der Waals surface area contributed by atoms with Crippen molar-refractivity contribution in [2.75, 3.05) is 22.9 Å². The number of carbonyl (C=O) groups is 1. The lowest BCUT2D eigenvalue weighted by Crippen LogP contribution is -2.40. The minimum atomic E-state index is 0.138. The van der Waals surface area contributed by atoms with Crippen LogP contribution in [0.15, 0.2) is 72.8 Å². The van der Waals surface area contributed by atoms with Gasteiger partial charge in [-0.15, -0.1) is 0 Å². The van der Waals surface area contributed by atoms with Gasteiger partial charge in [-0.1, -0.05) is 54.6 Å². The normalized spacial score (nSPS) is 15.3. The monoisotopic (exact) mass is 368 g/mol. The highest BCUT2D eigenvalue weighted by Gasteiger charge is 2.28. The van der Waals surface area contributed by atoms with E-state index in [0.717, 1.165) is 43.6 Å². The van der Waals surface area contributed by atoms with Crippen LogP contribution in [-0.2, 0) is 24.1 Å². The van der Waals surface area contributed by atoms with Gasteiger partial charge >= 0.3 is 0 Å². The predicted octanol–water partition coefficient (Wildman–Crippen LogP) is 4.90. The summed E-state index contributed by atoms with van der Waals surface area (Å²) in [6.45, 7) is 1.33. The van der Waals surface area contributed by atoms with Crippen molar-refractivity contribution in [1.82, 2.24) is 0 Å². The molecule has 3 aromatic carbocycles. The molecule has 0 N–H and O–H groups in total. The quantitative estimate of drug-likeness (QED) is 0.642. The van der Waals surface area contributed by atoms with Crippen LogP contribution in [0.2, 0.25) is 0 Å². The van der Waals surface area contributed by atoms with Crippen molar-refractivity contribution in [3.63, 3.8) is 0 Å². The molecule has 0 bridgehead atoms. The summed E-state index contributed by atoms with van der Waals surface area (Å²) in [4.78, 5) is 17.8. The SMILES string of the molecule is O=C(CN1CCCc2ccccc21)N1c2ccccc2CCc2ccccc21. The summed E-state index contributed by atoms with van der Waals surface area (Å²) in [6.07, 6.45) is 4.11. The molecule has 0 aromatic heterocycles. The van der Waals surface area contributed by atoms with Crippen molar-refractivity contribution in [2.45, 2.75) is 25.7 Å². The number of carbonyl (C=O) groups excluding carboxylic acids is 1. The molecular weight excluding hydrogens is 344 g/mol. The largest absolute Gasteiger partial charge is 0.362 e. The van der Waals surface area contributed by atoms with Crippen molar-refractivity contribution >= 4 is 23.0 Å². The zero-order chi connectivity index (χ0) is 18.9. The molecule has 28 heavy (non-hydrogen) atoms. The molecule has 3 heteroatoms. The fraction of sp³-hybridized carbons (Fsp3) is 0.240. The zero-order valence-corrected chi connectivity index (χ0v) is 16.0. The van der Waals surface area contributed by atoms with Crippen molar-refractivity contribution in [3.8, 4) is 0 Å². The number of fused-ring (bicyclic) bond motifs is 3. The first-order chi connectivity index (χ1) is 13.8. The summed E-state index contributed by atoms with van der Waals surface area (Å²) in [6, 6.07) is 25.1. The number of anilines is 3. The van der Waals surface area contributed by atoms with E-state index in [2.05, 4.69) is 65.6 Å². The molecule has 0 atom stereocenters. The van der Waals surface area contributed by atoms with Gasteiger partial charge in [-0.05, 0) is 60.6 Å². The Bertz CT molecular complexity index is 979. The third-order valence-electron chi connectivity index (χ3n) is 5.91. The molecule has 3 nitrogen and oxygen atoms in total. The third-order valence-corrected chi connectivity index (χ3v) is 5.91. The van der Waals surface area contributed by atoms with Gasteiger partial charge in [0.1, 0.15) is 0 Å². The number of amides is 1. The Morgan fingerprint density at radius 1 is 0.679 bits per heavy atom. The number of benzene rings is 3. The second kappa shape index (κ2) is 7.16. The van der Waals surface area contributed by atoms with E-state index >= 15 is 0 Å². The Balaban J connectivity index is 1.53. The van der Waals surface area contributed by atoms with Gasteiger partial charge in [-0.3, -0.25) is 9.69 Å². The highest BCUT2D eigenvalue weighted by atomic mass is 16.2. The van der Waals surface area contributed by atoms with Gasteiger partial charge < -0.3 is 4.90 Å². The molecule has 0 saturated heterocycles. The van der Waals surface area contributed by atoms with Gasteiger partial charge in [-0.25, -0.2) is 0 Å². The van der Waals surface area contributed by atoms with Crippen molar-refractivity contribution in [2.24, 2.45) is 0 Å². The number of para-hydroxylation sites is 3. The molecule has 0 aliphatic carbocycles. The molecule has 1 amide bonds. The first-order valence-electron chi connectivity index (χ1n) is 10.1. The van der Waals surface area contributed by atoms with Gasteiger partial charge in [0.05, 0.1) is 17.9 Å². The molecule has 2 heterocycles. The molecule has 2 aliphatic rings. The molecular formula is C25H24N2O. The van der Waals surface area contributed by atoms with Crippen molar-refractivity contribution in [1.29, 1.82) is 0 Å². The zero-order valence-electron chi connectivity index (χ0n) is 16.0. The predicted molar refractivity (Wildman–Crippen MR) is 114 cm³/mol. The van der Waals surface area contributed by atoms with Crippen LogP contribution in [0.1, 0.15) is 23.1 Å². The van der Waals surface area contributed by atoms with E-state index in [1.165, 1.54) is 22.4 Å². The summed E-state index contributed by atoms with van der Waals surface area (Å²) in [5.74, 6) is 0.138. The molecule has 2 aliphatic heterocycles. The first kappa shape index (κ1) is 17.1. The highest BCUT2D eigenvalue weighted by Crippen LogP contribution is 2.36. The Kier molecular flexibility index (Phi) is 4.36. The van der Waals surface area contributed by atoms with E-state index in [1.54, 1.807) is 0 Å². The Morgan fingerprint density at radius 3 is 1.79 bits per heavy atom. The number of aryl methyl sites for hydroxylation is 3. The Morgan fingerprint density at radius 2 is 1.18 bits per heavy atom. The van der Waals surface area contributed by atoms with Gasteiger partial charge in [-0.2, -0.15) is 0 Å². The van der Waals surface area contributed by atoms with Crippen molar-refractivity contribution < 1.29 is 4.79 Å². The van der Waals surface area contributed by atoms with Crippen LogP contribution < -0.4 is 9.80 Å². The van der Waals surface area contributed by atoms with Crippen LogP contribution in [0.3, 0.4) is 0 Å². The van der Waals surface area contributed by atoms with E-state index in [4.69, 9.17) is 0 Å². The van der Waals surface area contributed by atoms with Crippen LogP contribution in [-0.4, -0.2) is 19.0 Å². The second-order valence-corrected chi connectivity index (χ2v) is 7.64. The average molecular weight is 368 g/mol. The van der Waals surface area contributed by atoms with Gasteiger partial charge in [0, 0.05) is 12.2 Å². The average Bonchev–Trinajstić information content (AvgIpc) is 2.91. The van der Waals surface area contributed by atoms with Crippen LogP contribution in [0.25, 0.3) is 0 Å².